The third-order valence-electron chi connectivity index (χ3n) is 4.95. The first-order valence-electron chi connectivity index (χ1n) is 7.03. The molecule has 0 atom stereocenters. The molecule has 100 valence electrons. The lowest BCUT2D eigenvalue weighted by Crippen LogP contribution is -2.45. The quantitative estimate of drug-likeness (QED) is 0.712. The summed E-state index contributed by atoms with van der Waals surface area (Å²) in [6.07, 6.45) is 5.15. The smallest absolute Gasteiger partial charge is 0.335 e. The molecule has 4 nitrogen and oxygen atoms in total. The van der Waals surface area contributed by atoms with Gasteiger partial charge in [-0.25, -0.2) is 4.79 Å². The molecule has 4 heteroatoms. The predicted molar refractivity (Wildman–Crippen MR) is 69.0 cm³/mol. The van der Waals surface area contributed by atoms with E-state index in [1.807, 2.05) is 6.92 Å². The monoisotopic (exact) mass is 250 g/mol. The zero-order valence-corrected chi connectivity index (χ0v) is 11.1. The molecule has 0 saturated carbocycles. The van der Waals surface area contributed by atoms with Crippen molar-refractivity contribution in [1.29, 1.82) is 0 Å². The zero-order chi connectivity index (χ0) is 12.6. The Kier molecular flexibility index (Phi) is 3.06. The van der Waals surface area contributed by atoms with Crippen LogP contribution >= 0.6 is 0 Å². The predicted octanol–water partition coefficient (Wildman–Crippen LogP) is 1.28. The number of likely N-dealkylation sites (tertiary alicyclic amines) is 1. The summed E-state index contributed by atoms with van der Waals surface area (Å²) >= 11 is 0. The van der Waals surface area contributed by atoms with Crippen LogP contribution in [0.2, 0.25) is 0 Å². The van der Waals surface area contributed by atoms with Crippen LogP contribution in [0.25, 0.3) is 0 Å². The molecule has 2 saturated heterocycles. The normalized spacial score (nSPS) is 27.8. The standard InChI is InChI=1S/C14H22N2O2/c1-11-12(10-18-13(11)17)16-8-4-14(5-9-16)2-6-15-7-3-14/h15H,2-10H2,1H3. The number of ether oxygens (including phenoxy) is 1. The molecule has 18 heavy (non-hydrogen) atoms. The molecule has 0 aromatic rings. The molecular formula is C14H22N2O2. The highest BCUT2D eigenvalue weighted by Crippen LogP contribution is 2.40. The maximum atomic E-state index is 11.4. The van der Waals surface area contributed by atoms with Gasteiger partial charge in [0.1, 0.15) is 6.61 Å². The number of cyclic esters (lactones) is 1. The molecule has 3 aliphatic rings. The second-order valence-corrected chi connectivity index (χ2v) is 5.88. The van der Waals surface area contributed by atoms with Crippen LogP contribution < -0.4 is 5.32 Å². The van der Waals surface area contributed by atoms with E-state index in [1.54, 1.807) is 0 Å². The maximum absolute atomic E-state index is 11.4. The fourth-order valence-electron chi connectivity index (χ4n) is 3.50. The molecule has 0 bridgehead atoms. The van der Waals surface area contributed by atoms with Crippen LogP contribution in [-0.4, -0.2) is 43.7 Å². The highest BCUT2D eigenvalue weighted by atomic mass is 16.5. The first kappa shape index (κ1) is 12.0. The second kappa shape index (κ2) is 4.57. The topological polar surface area (TPSA) is 41.6 Å². The third kappa shape index (κ3) is 2.03. The van der Waals surface area contributed by atoms with E-state index in [4.69, 9.17) is 4.74 Å². The van der Waals surface area contributed by atoms with E-state index in [0.717, 1.165) is 24.4 Å². The van der Waals surface area contributed by atoms with Gasteiger partial charge >= 0.3 is 5.97 Å². The minimum absolute atomic E-state index is 0.132. The summed E-state index contributed by atoms with van der Waals surface area (Å²) in [5, 5.41) is 3.45. The average molecular weight is 250 g/mol. The van der Waals surface area contributed by atoms with Crippen LogP contribution in [0.5, 0.6) is 0 Å². The Labute approximate surface area is 108 Å². The molecule has 3 rings (SSSR count). The molecule has 3 heterocycles. The van der Waals surface area contributed by atoms with Gasteiger partial charge in [0.15, 0.2) is 0 Å². The molecule has 2 fully saturated rings. The Morgan fingerprint density at radius 2 is 1.83 bits per heavy atom. The maximum Gasteiger partial charge on any atom is 0.335 e. The van der Waals surface area contributed by atoms with Crippen molar-refractivity contribution in [2.24, 2.45) is 5.41 Å². The Hall–Kier alpha value is -1.03. The summed E-state index contributed by atoms with van der Waals surface area (Å²) in [5.74, 6) is -0.132. The summed E-state index contributed by atoms with van der Waals surface area (Å²) in [6.45, 7) is 6.89. The summed E-state index contributed by atoms with van der Waals surface area (Å²) in [6, 6.07) is 0. The van der Waals surface area contributed by atoms with Crippen molar-refractivity contribution in [2.75, 3.05) is 32.8 Å². The van der Waals surface area contributed by atoms with Gasteiger partial charge in [0, 0.05) is 13.1 Å². The third-order valence-corrected chi connectivity index (χ3v) is 4.95. The number of nitrogens with zero attached hydrogens (tertiary/aromatic N) is 1. The van der Waals surface area contributed by atoms with E-state index in [0.29, 0.717) is 12.0 Å². The van der Waals surface area contributed by atoms with E-state index in [9.17, 15) is 4.79 Å². The molecule has 0 aromatic carbocycles. The number of piperidine rings is 2. The SMILES string of the molecule is CC1=C(N2CCC3(CCNCC3)CC2)COC1=O. The van der Waals surface area contributed by atoms with Gasteiger partial charge in [-0.1, -0.05) is 0 Å². The van der Waals surface area contributed by atoms with Crippen molar-refractivity contribution in [3.63, 3.8) is 0 Å². The molecule has 1 N–H and O–H groups in total. The minimum Gasteiger partial charge on any atom is -0.456 e. The number of esters is 1. The van der Waals surface area contributed by atoms with Crippen molar-refractivity contribution >= 4 is 5.97 Å². The summed E-state index contributed by atoms with van der Waals surface area (Å²) in [7, 11) is 0. The van der Waals surface area contributed by atoms with Gasteiger partial charge in [-0.3, -0.25) is 0 Å². The Morgan fingerprint density at radius 1 is 1.17 bits per heavy atom. The van der Waals surface area contributed by atoms with Crippen LogP contribution in [0.15, 0.2) is 11.3 Å². The van der Waals surface area contributed by atoms with Gasteiger partial charge in [-0.05, 0) is 51.1 Å². The van der Waals surface area contributed by atoms with Crippen molar-refractivity contribution < 1.29 is 9.53 Å². The van der Waals surface area contributed by atoms with Gasteiger partial charge in [0.25, 0.3) is 0 Å². The van der Waals surface area contributed by atoms with Crippen molar-refractivity contribution in [3.05, 3.63) is 11.3 Å². The Balaban J connectivity index is 1.65. The van der Waals surface area contributed by atoms with Gasteiger partial charge in [0.2, 0.25) is 0 Å². The lowest BCUT2D eigenvalue weighted by atomic mass is 9.71. The van der Waals surface area contributed by atoms with Crippen LogP contribution in [0, 0.1) is 5.41 Å². The van der Waals surface area contributed by atoms with Crippen LogP contribution in [-0.2, 0) is 9.53 Å². The molecule has 0 aliphatic carbocycles. The van der Waals surface area contributed by atoms with E-state index >= 15 is 0 Å². The number of hydrogen-bond donors (Lipinski definition) is 1. The fourth-order valence-corrected chi connectivity index (χ4v) is 3.50. The fraction of sp³-hybridized carbons (Fsp3) is 0.786. The largest absolute Gasteiger partial charge is 0.456 e. The van der Waals surface area contributed by atoms with Crippen LogP contribution in [0.4, 0.5) is 0 Å². The first-order valence-corrected chi connectivity index (χ1v) is 7.03. The van der Waals surface area contributed by atoms with Crippen LogP contribution in [0.3, 0.4) is 0 Å². The molecular weight excluding hydrogens is 228 g/mol. The number of nitrogens with one attached hydrogen (secondary N) is 1. The summed E-state index contributed by atoms with van der Waals surface area (Å²) in [4.78, 5) is 13.8. The molecule has 0 radical (unpaired) electrons. The number of carbonyl (C=O) groups excluding carboxylic acids is 1. The van der Waals surface area contributed by atoms with Gasteiger partial charge in [-0.15, -0.1) is 0 Å². The lowest BCUT2D eigenvalue weighted by molar-refractivity contribution is -0.136. The second-order valence-electron chi connectivity index (χ2n) is 5.88. The summed E-state index contributed by atoms with van der Waals surface area (Å²) in [5.41, 5.74) is 2.51. The number of hydrogen-bond acceptors (Lipinski definition) is 4. The molecule has 0 aromatic heterocycles. The highest BCUT2D eigenvalue weighted by Gasteiger charge is 2.37. The number of carbonyl (C=O) groups is 1. The van der Waals surface area contributed by atoms with Crippen molar-refractivity contribution in [1.82, 2.24) is 10.2 Å². The molecule has 0 amide bonds. The van der Waals surface area contributed by atoms with E-state index in [-0.39, 0.29) is 5.97 Å². The van der Waals surface area contributed by atoms with Crippen molar-refractivity contribution in [3.8, 4) is 0 Å². The highest BCUT2D eigenvalue weighted by molar-refractivity contribution is 5.90. The first-order chi connectivity index (χ1) is 8.70. The Bertz CT molecular complexity index is 373. The Morgan fingerprint density at radius 3 is 2.39 bits per heavy atom. The average Bonchev–Trinajstić information content (AvgIpc) is 2.73. The van der Waals surface area contributed by atoms with Gasteiger partial charge < -0.3 is 15.0 Å². The van der Waals surface area contributed by atoms with Gasteiger partial charge in [0.05, 0.1) is 11.3 Å². The molecule has 1 spiro atoms. The van der Waals surface area contributed by atoms with Gasteiger partial charge in [-0.2, -0.15) is 0 Å². The summed E-state index contributed by atoms with van der Waals surface area (Å²) < 4.78 is 5.10. The lowest BCUT2D eigenvalue weighted by Gasteiger charge is -2.45. The number of rotatable bonds is 1. The molecule has 0 unspecified atom stereocenters. The van der Waals surface area contributed by atoms with Crippen molar-refractivity contribution in [2.45, 2.75) is 32.6 Å². The van der Waals surface area contributed by atoms with E-state index < -0.39 is 0 Å². The van der Waals surface area contributed by atoms with E-state index in [2.05, 4.69) is 10.2 Å². The molecule has 3 aliphatic heterocycles. The van der Waals surface area contributed by atoms with Crippen LogP contribution in [0.1, 0.15) is 32.6 Å². The minimum atomic E-state index is -0.132. The van der Waals surface area contributed by atoms with E-state index in [1.165, 1.54) is 38.8 Å². The zero-order valence-electron chi connectivity index (χ0n) is 11.1.